The van der Waals surface area contributed by atoms with Crippen LogP contribution in [0.15, 0.2) is 36.5 Å². The van der Waals surface area contributed by atoms with E-state index in [1.165, 1.54) is 0 Å². The van der Waals surface area contributed by atoms with Crippen molar-refractivity contribution in [3.8, 4) is 17.0 Å². The molecule has 5 rings (SSSR count). The van der Waals surface area contributed by atoms with Gasteiger partial charge < -0.3 is 15.2 Å². The smallest absolute Gasteiger partial charge is 0.270 e. The molecule has 1 aromatic carbocycles. The number of ether oxygens (including phenoxy) is 1. The monoisotopic (exact) mass is 433 g/mol. The molecule has 0 saturated heterocycles. The Kier molecular flexibility index (Phi) is 5.61. The van der Waals surface area contributed by atoms with Gasteiger partial charge in [0.2, 0.25) is 0 Å². The fourth-order valence-electron chi connectivity index (χ4n) is 4.50. The van der Waals surface area contributed by atoms with Crippen LogP contribution in [0.3, 0.4) is 0 Å². The molecule has 3 aromatic rings. The fraction of sp³-hybridized carbons (Fsp3) is 0.417. The predicted molar refractivity (Wildman–Crippen MR) is 118 cm³/mol. The average molecular weight is 434 g/mol. The summed E-state index contributed by atoms with van der Waals surface area (Å²) < 4.78 is 7.52. The van der Waals surface area contributed by atoms with E-state index in [-0.39, 0.29) is 11.9 Å². The Hall–Kier alpha value is -3.26. The van der Waals surface area contributed by atoms with Crippen LogP contribution in [0.1, 0.15) is 53.0 Å². The zero-order valence-corrected chi connectivity index (χ0v) is 18.1. The molecule has 0 bridgehead atoms. The fourth-order valence-corrected chi connectivity index (χ4v) is 4.50. The van der Waals surface area contributed by atoms with E-state index in [9.17, 15) is 9.90 Å². The van der Waals surface area contributed by atoms with E-state index in [0.29, 0.717) is 25.1 Å². The zero-order valence-electron chi connectivity index (χ0n) is 18.1. The molecule has 2 aliphatic rings. The summed E-state index contributed by atoms with van der Waals surface area (Å²) in [6, 6.07) is 9.79. The summed E-state index contributed by atoms with van der Waals surface area (Å²) in [7, 11) is 1.84. The highest BCUT2D eigenvalue weighted by molar-refractivity contribution is 5.93. The van der Waals surface area contributed by atoms with Gasteiger partial charge in [-0.3, -0.25) is 9.48 Å². The number of aromatic nitrogens is 4. The van der Waals surface area contributed by atoms with Crippen LogP contribution in [0.25, 0.3) is 11.3 Å². The van der Waals surface area contributed by atoms with Gasteiger partial charge in [-0.05, 0) is 24.5 Å². The summed E-state index contributed by atoms with van der Waals surface area (Å²) in [4.78, 5) is 17.5. The molecule has 1 saturated carbocycles. The van der Waals surface area contributed by atoms with Crippen molar-refractivity contribution in [1.29, 1.82) is 0 Å². The number of benzene rings is 1. The van der Waals surface area contributed by atoms with Crippen LogP contribution in [-0.2, 0) is 19.9 Å². The topological polar surface area (TPSA) is 102 Å². The Labute approximate surface area is 186 Å². The molecule has 8 heteroatoms. The van der Waals surface area contributed by atoms with Crippen molar-refractivity contribution in [3.05, 3.63) is 59.0 Å². The summed E-state index contributed by atoms with van der Waals surface area (Å²) in [5, 5.41) is 21.3. The number of fused-ring (bicyclic) bond motifs is 1. The number of nitrogens with one attached hydrogen (secondary N) is 1. The minimum absolute atomic E-state index is 0.209. The molecular weight excluding hydrogens is 406 g/mol. The Morgan fingerprint density at radius 1 is 1.25 bits per heavy atom. The number of pyridine rings is 1. The molecule has 1 fully saturated rings. The zero-order chi connectivity index (χ0) is 22.1. The highest BCUT2D eigenvalue weighted by Gasteiger charge is 2.27. The molecule has 166 valence electrons. The second-order valence-electron chi connectivity index (χ2n) is 8.62. The molecule has 0 radical (unpaired) electrons. The predicted octanol–water partition coefficient (Wildman–Crippen LogP) is 2.44. The molecule has 2 aromatic heterocycles. The van der Waals surface area contributed by atoms with Crippen molar-refractivity contribution < 1.29 is 14.6 Å². The Bertz CT molecular complexity index is 1130. The normalized spacial score (nSPS) is 19.9. The standard InChI is InChI=1S/C24H27N5O3/c1-29-14-21(27-28-29)16-8-6-15(7-9-16)12-17-13-20(25-19-10-11-32-23(17)19)24(31)26-18-4-2-3-5-22(18)30/h6-9,13-14,18,22,30H,2-5,10-12H2,1H3,(H,26,31)/t18-,22-/m0/s1. The maximum Gasteiger partial charge on any atom is 0.270 e. The van der Waals surface area contributed by atoms with Crippen molar-refractivity contribution in [3.63, 3.8) is 0 Å². The molecular formula is C24H27N5O3. The van der Waals surface area contributed by atoms with Crippen LogP contribution >= 0.6 is 0 Å². The highest BCUT2D eigenvalue weighted by atomic mass is 16.5. The van der Waals surface area contributed by atoms with E-state index in [4.69, 9.17) is 4.74 Å². The van der Waals surface area contributed by atoms with Gasteiger partial charge in [0.25, 0.3) is 5.91 Å². The largest absolute Gasteiger partial charge is 0.491 e. The van der Waals surface area contributed by atoms with Crippen LogP contribution in [0.5, 0.6) is 5.75 Å². The molecule has 8 nitrogen and oxygen atoms in total. The van der Waals surface area contributed by atoms with Gasteiger partial charge in [-0.25, -0.2) is 4.98 Å². The number of amides is 1. The Morgan fingerprint density at radius 2 is 2.06 bits per heavy atom. The molecule has 3 heterocycles. The molecule has 0 spiro atoms. The third-order valence-corrected chi connectivity index (χ3v) is 6.23. The van der Waals surface area contributed by atoms with Crippen molar-refractivity contribution in [1.82, 2.24) is 25.3 Å². The average Bonchev–Trinajstić information content (AvgIpc) is 3.45. The summed E-state index contributed by atoms with van der Waals surface area (Å²) in [5.74, 6) is 0.558. The van der Waals surface area contributed by atoms with Gasteiger partial charge in [0.05, 0.1) is 30.6 Å². The number of aryl methyl sites for hydroxylation is 1. The first kappa shape index (κ1) is 20.6. The van der Waals surface area contributed by atoms with Crippen molar-refractivity contribution in [2.45, 2.75) is 50.7 Å². The van der Waals surface area contributed by atoms with Crippen molar-refractivity contribution in [2.75, 3.05) is 6.61 Å². The third-order valence-electron chi connectivity index (χ3n) is 6.23. The summed E-state index contributed by atoms with van der Waals surface area (Å²) in [6.07, 6.45) is 6.27. The third kappa shape index (κ3) is 4.23. The highest BCUT2D eigenvalue weighted by Crippen LogP contribution is 2.31. The van der Waals surface area contributed by atoms with Gasteiger partial charge in [0.15, 0.2) is 0 Å². The number of hydrogen-bond acceptors (Lipinski definition) is 6. The SMILES string of the molecule is Cn1cc(-c2ccc(Cc3cc(C(=O)N[C@H]4CCCC[C@@H]4O)nc4c3OCC4)cc2)nn1. The molecule has 2 N–H and O–H groups in total. The van der Waals surface area contributed by atoms with Crippen LogP contribution in [0.2, 0.25) is 0 Å². The quantitative estimate of drug-likeness (QED) is 0.641. The van der Waals surface area contributed by atoms with Gasteiger partial charge in [0, 0.05) is 31.0 Å². The van der Waals surface area contributed by atoms with Crippen LogP contribution in [-0.4, -0.2) is 49.7 Å². The minimum atomic E-state index is -0.488. The molecule has 1 aliphatic heterocycles. The molecule has 1 amide bonds. The van der Waals surface area contributed by atoms with E-state index in [2.05, 4.69) is 32.7 Å². The number of carbonyl (C=O) groups is 1. The number of hydrogen-bond donors (Lipinski definition) is 2. The summed E-state index contributed by atoms with van der Waals surface area (Å²) >= 11 is 0. The van der Waals surface area contributed by atoms with E-state index < -0.39 is 6.10 Å². The maximum absolute atomic E-state index is 12.9. The van der Waals surface area contributed by atoms with Gasteiger partial charge in [-0.2, -0.15) is 0 Å². The Morgan fingerprint density at radius 3 is 2.81 bits per heavy atom. The summed E-state index contributed by atoms with van der Waals surface area (Å²) in [5.41, 5.74) is 5.11. The van der Waals surface area contributed by atoms with Gasteiger partial charge in [-0.15, -0.1) is 5.10 Å². The first-order valence-corrected chi connectivity index (χ1v) is 11.2. The van der Waals surface area contributed by atoms with E-state index in [1.807, 2.05) is 31.4 Å². The second kappa shape index (κ2) is 8.70. The van der Waals surface area contributed by atoms with Crippen LogP contribution < -0.4 is 10.1 Å². The lowest BCUT2D eigenvalue weighted by atomic mass is 9.92. The van der Waals surface area contributed by atoms with Gasteiger partial charge in [-0.1, -0.05) is 42.3 Å². The van der Waals surface area contributed by atoms with Crippen LogP contribution in [0, 0.1) is 0 Å². The summed E-state index contributed by atoms with van der Waals surface area (Å²) in [6.45, 7) is 0.577. The van der Waals surface area contributed by atoms with Gasteiger partial charge >= 0.3 is 0 Å². The Balaban J connectivity index is 1.36. The van der Waals surface area contributed by atoms with Gasteiger partial charge in [0.1, 0.15) is 17.1 Å². The van der Waals surface area contributed by atoms with E-state index >= 15 is 0 Å². The lowest BCUT2D eigenvalue weighted by molar-refractivity contribution is 0.0713. The second-order valence-corrected chi connectivity index (χ2v) is 8.62. The first-order valence-electron chi connectivity index (χ1n) is 11.2. The first-order chi connectivity index (χ1) is 15.6. The maximum atomic E-state index is 12.9. The number of aliphatic hydroxyl groups is 1. The number of carbonyl (C=O) groups excluding carboxylic acids is 1. The van der Waals surface area contributed by atoms with E-state index in [0.717, 1.165) is 59.5 Å². The molecule has 32 heavy (non-hydrogen) atoms. The number of rotatable bonds is 5. The van der Waals surface area contributed by atoms with Crippen LogP contribution in [0.4, 0.5) is 0 Å². The van der Waals surface area contributed by atoms with E-state index in [1.54, 1.807) is 4.68 Å². The minimum Gasteiger partial charge on any atom is -0.491 e. The lowest BCUT2D eigenvalue weighted by Crippen LogP contribution is -2.45. The van der Waals surface area contributed by atoms with Crippen molar-refractivity contribution in [2.24, 2.45) is 7.05 Å². The lowest BCUT2D eigenvalue weighted by Gasteiger charge is -2.28. The molecule has 2 atom stereocenters. The number of aliphatic hydroxyl groups excluding tert-OH is 1. The molecule has 0 unspecified atom stereocenters. The number of nitrogens with zero attached hydrogens (tertiary/aromatic N) is 4. The van der Waals surface area contributed by atoms with Crippen molar-refractivity contribution >= 4 is 5.91 Å². The molecule has 1 aliphatic carbocycles.